The van der Waals surface area contributed by atoms with E-state index < -0.39 is 15.7 Å². The normalized spacial score (nSPS) is 18.4. The van der Waals surface area contributed by atoms with Crippen molar-refractivity contribution in [2.75, 3.05) is 6.26 Å². The molecule has 1 aromatic rings. The van der Waals surface area contributed by atoms with Crippen LogP contribution in [0.15, 0.2) is 23.1 Å². The van der Waals surface area contributed by atoms with Gasteiger partial charge in [0.15, 0.2) is 9.84 Å². The molecule has 2 N–H and O–H groups in total. The summed E-state index contributed by atoms with van der Waals surface area (Å²) in [4.78, 5) is -0.252. The molecule has 0 unspecified atom stereocenters. The first-order valence-electron chi connectivity index (χ1n) is 5.08. The van der Waals surface area contributed by atoms with E-state index in [1.54, 1.807) is 6.07 Å². The summed E-state index contributed by atoms with van der Waals surface area (Å²) in [6.45, 7) is 0. The van der Waals surface area contributed by atoms with E-state index in [9.17, 15) is 12.8 Å². The quantitative estimate of drug-likeness (QED) is 0.869. The molecule has 0 aromatic heterocycles. The molecular formula is C11H14FNO2S. The second-order valence-electron chi connectivity index (χ2n) is 4.58. The third-order valence-corrected chi connectivity index (χ3v) is 3.97. The van der Waals surface area contributed by atoms with Crippen LogP contribution in [0.5, 0.6) is 0 Å². The summed E-state index contributed by atoms with van der Waals surface area (Å²) in [6.07, 6.45) is 3.50. The molecule has 0 atom stereocenters. The van der Waals surface area contributed by atoms with Crippen molar-refractivity contribution in [2.24, 2.45) is 5.73 Å². The standard InChI is InChI=1S/C11H14FNO2S/c1-16(14,15)10-3-2-8(6-9(10)12)7-11(13)4-5-11/h2-3,6H,4-5,7,13H2,1H3. The minimum absolute atomic E-state index is 0.195. The van der Waals surface area contributed by atoms with Gasteiger partial charge in [0.25, 0.3) is 0 Å². The second-order valence-corrected chi connectivity index (χ2v) is 6.56. The molecular weight excluding hydrogens is 229 g/mol. The molecule has 0 radical (unpaired) electrons. The van der Waals surface area contributed by atoms with Gasteiger partial charge in [0, 0.05) is 11.8 Å². The number of nitrogens with two attached hydrogens (primary N) is 1. The van der Waals surface area contributed by atoms with Crippen LogP contribution in [-0.4, -0.2) is 20.2 Å². The van der Waals surface area contributed by atoms with Crippen LogP contribution in [0.25, 0.3) is 0 Å². The minimum Gasteiger partial charge on any atom is -0.325 e. The van der Waals surface area contributed by atoms with E-state index in [2.05, 4.69) is 0 Å². The number of hydrogen-bond acceptors (Lipinski definition) is 3. The van der Waals surface area contributed by atoms with Crippen molar-refractivity contribution < 1.29 is 12.8 Å². The first-order valence-corrected chi connectivity index (χ1v) is 6.97. The molecule has 1 aliphatic rings. The molecule has 1 fully saturated rings. The van der Waals surface area contributed by atoms with Crippen molar-refractivity contribution in [2.45, 2.75) is 29.7 Å². The predicted octanol–water partition coefficient (Wildman–Crippen LogP) is 1.26. The lowest BCUT2D eigenvalue weighted by atomic mass is 10.1. The summed E-state index contributed by atoms with van der Waals surface area (Å²) in [5.74, 6) is -0.691. The fourth-order valence-electron chi connectivity index (χ4n) is 1.70. The fourth-order valence-corrected chi connectivity index (χ4v) is 2.43. The molecule has 3 nitrogen and oxygen atoms in total. The first kappa shape index (κ1) is 11.5. The van der Waals surface area contributed by atoms with E-state index >= 15 is 0 Å². The maximum atomic E-state index is 13.5. The average molecular weight is 243 g/mol. The van der Waals surface area contributed by atoms with Gasteiger partial charge in [-0.25, -0.2) is 12.8 Å². The number of rotatable bonds is 3. The van der Waals surface area contributed by atoms with Crippen LogP contribution in [0, 0.1) is 5.82 Å². The number of benzene rings is 1. The third kappa shape index (κ3) is 2.41. The molecule has 1 aromatic carbocycles. The van der Waals surface area contributed by atoms with Crippen LogP contribution in [0.3, 0.4) is 0 Å². The summed E-state index contributed by atoms with van der Waals surface area (Å²) in [7, 11) is -3.48. The lowest BCUT2D eigenvalue weighted by Gasteiger charge is -2.09. The smallest absolute Gasteiger partial charge is 0.178 e. The zero-order valence-electron chi connectivity index (χ0n) is 9.03. The maximum absolute atomic E-state index is 13.5. The molecule has 16 heavy (non-hydrogen) atoms. The van der Waals surface area contributed by atoms with Gasteiger partial charge in [-0.05, 0) is 37.0 Å². The highest BCUT2D eigenvalue weighted by atomic mass is 32.2. The first-order chi connectivity index (χ1) is 7.30. The Morgan fingerprint density at radius 1 is 1.44 bits per heavy atom. The lowest BCUT2D eigenvalue weighted by Crippen LogP contribution is -2.24. The van der Waals surface area contributed by atoms with Gasteiger partial charge in [-0.1, -0.05) is 6.07 Å². The molecule has 1 aliphatic carbocycles. The molecule has 1 saturated carbocycles. The van der Waals surface area contributed by atoms with E-state index in [1.807, 2.05) is 0 Å². The monoisotopic (exact) mass is 243 g/mol. The average Bonchev–Trinajstić information content (AvgIpc) is 2.80. The van der Waals surface area contributed by atoms with Crippen molar-refractivity contribution in [1.82, 2.24) is 0 Å². The Hall–Kier alpha value is -0.940. The second kappa shape index (κ2) is 3.53. The molecule has 0 saturated heterocycles. The Morgan fingerprint density at radius 3 is 2.50 bits per heavy atom. The molecule has 0 bridgehead atoms. The van der Waals surface area contributed by atoms with Gasteiger partial charge < -0.3 is 5.73 Å². The molecule has 0 amide bonds. The van der Waals surface area contributed by atoms with Crippen LogP contribution >= 0.6 is 0 Å². The Labute approximate surface area is 94.4 Å². The topological polar surface area (TPSA) is 60.2 Å². The van der Waals surface area contributed by atoms with E-state index in [0.717, 1.165) is 24.7 Å². The van der Waals surface area contributed by atoms with E-state index in [4.69, 9.17) is 5.73 Å². The zero-order chi connectivity index (χ0) is 12.0. The summed E-state index contributed by atoms with van der Waals surface area (Å²) in [6, 6.07) is 4.21. The van der Waals surface area contributed by atoms with Crippen LogP contribution < -0.4 is 5.73 Å². The lowest BCUT2D eigenvalue weighted by molar-refractivity contribution is 0.567. The summed E-state index contributed by atoms with van der Waals surface area (Å²) in [5.41, 5.74) is 6.47. The number of sulfone groups is 1. The van der Waals surface area contributed by atoms with Crippen LogP contribution in [0.2, 0.25) is 0 Å². The highest BCUT2D eigenvalue weighted by Gasteiger charge is 2.38. The third-order valence-electron chi connectivity index (χ3n) is 2.84. The van der Waals surface area contributed by atoms with Crippen molar-refractivity contribution >= 4 is 9.84 Å². The van der Waals surface area contributed by atoms with Crippen molar-refractivity contribution in [3.8, 4) is 0 Å². The molecule has 5 heteroatoms. The van der Waals surface area contributed by atoms with Gasteiger partial charge in [0.05, 0.1) is 0 Å². The van der Waals surface area contributed by atoms with Gasteiger partial charge in [-0.15, -0.1) is 0 Å². The molecule has 0 aliphatic heterocycles. The summed E-state index contributed by atoms with van der Waals surface area (Å²) in [5, 5.41) is 0. The van der Waals surface area contributed by atoms with Crippen LogP contribution in [0.1, 0.15) is 18.4 Å². The fraction of sp³-hybridized carbons (Fsp3) is 0.455. The Morgan fingerprint density at radius 2 is 2.06 bits per heavy atom. The van der Waals surface area contributed by atoms with Crippen molar-refractivity contribution in [3.63, 3.8) is 0 Å². The maximum Gasteiger partial charge on any atom is 0.178 e. The molecule has 2 rings (SSSR count). The van der Waals surface area contributed by atoms with Crippen molar-refractivity contribution in [1.29, 1.82) is 0 Å². The largest absolute Gasteiger partial charge is 0.325 e. The molecule has 88 valence electrons. The highest BCUT2D eigenvalue weighted by Crippen LogP contribution is 2.35. The Bertz CT molecular complexity index is 521. The Balaban J connectivity index is 2.29. The molecule has 0 spiro atoms. The van der Waals surface area contributed by atoms with Gasteiger partial charge in [-0.2, -0.15) is 0 Å². The summed E-state index contributed by atoms with van der Waals surface area (Å²) < 4.78 is 35.9. The SMILES string of the molecule is CS(=O)(=O)c1ccc(CC2(N)CC2)cc1F. The van der Waals surface area contributed by atoms with Gasteiger partial charge in [0.1, 0.15) is 10.7 Å². The van der Waals surface area contributed by atoms with E-state index in [1.165, 1.54) is 12.1 Å². The predicted molar refractivity (Wildman–Crippen MR) is 59.4 cm³/mol. The summed E-state index contributed by atoms with van der Waals surface area (Å²) >= 11 is 0. The van der Waals surface area contributed by atoms with E-state index in [-0.39, 0.29) is 10.4 Å². The molecule has 0 heterocycles. The van der Waals surface area contributed by atoms with Gasteiger partial charge >= 0.3 is 0 Å². The number of halogens is 1. The number of hydrogen-bond donors (Lipinski definition) is 1. The van der Waals surface area contributed by atoms with Crippen LogP contribution in [0.4, 0.5) is 4.39 Å². The van der Waals surface area contributed by atoms with E-state index in [0.29, 0.717) is 6.42 Å². The highest BCUT2D eigenvalue weighted by molar-refractivity contribution is 7.90. The van der Waals surface area contributed by atoms with Gasteiger partial charge in [0.2, 0.25) is 0 Å². The van der Waals surface area contributed by atoms with Gasteiger partial charge in [-0.3, -0.25) is 0 Å². The Kier molecular flexibility index (Phi) is 2.55. The minimum atomic E-state index is -3.48. The van der Waals surface area contributed by atoms with Crippen LogP contribution in [-0.2, 0) is 16.3 Å². The zero-order valence-corrected chi connectivity index (χ0v) is 9.85. The van der Waals surface area contributed by atoms with Crippen molar-refractivity contribution in [3.05, 3.63) is 29.6 Å².